The van der Waals surface area contributed by atoms with E-state index in [0.29, 0.717) is 5.82 Å². The minimum atomic E-state index is 0.330. The molecule has 3 N–H and O–H groups in total. The van der Waals surface area contributed by atoms with Crippen molar-refractivity contribution in [2.75, 3.05) is 19.0 Å². The molecule has 0 saturated heterocycles. The van der Waals surface area contributed by atoms with Crippen LogP contribution in [0.4, 0.5) is 5.69 Å². The Morgan fingerprint density at radius 2 is 2.00 bits per heavy atom. The lowest BCUT2D eigenvalue weighted by Crippen LogP contribution is -2.12. The SMILES string of the molecule is C=C(N)N/N=C/c1ccc(N(C)C)cc1. The fourth-order valence-corrected chi connectivity index (χ4v) is 1.05. The van der Waals surface area contributed by atoms with Gasteiger partial charge in [-0.15, -0.1) is 0 Å². The summed E-state index contributed by atoms with van der Waals surface area (Å²) >= 11 is 0. The highest BCUT2D eigenvalue weighted by Crippen LogP contribution is 2.10. The van der Waals surface area contributed by atoms with Gasteiger partial charge in [-0.05, 0) is 17.7 Å². The Morgan fingerprint density at radius 1 is 1.40 bits per heavy atom. The summed E-state index contributed by atoms with van der Waals surface area (Å²) in [5, 5.41) is 3.90. The second-order valence-corrected chi connectivity index (χ2v) is 3.38. The summed E-state index contributed by atoms with van der Waals surface area (Å²) in [5.41, 5.74) is 10.0. The molecule has 0 saturated carbocycles. The lowest BCUT2D eigenvalue weighted by atomic mass is 10.2. The second-order valence-electron chi connectivity index (χ2n) is 3.38. The van der Waals surface area contributed by atoms with Crippen molar-refractivity contribution in [2.24, 2.45) is 10.8 Å². The first-order valence-electron chi connectivity index (χ1n) is 4.60. The molecule has 4 nitrogen and oxygen atoms in total. The predicted molar refractivity (Wildman–Crippen MR) is 64.8 cm³/mol. The molecule has 15 heavy (non-hydrogen) atoms. The van der Waals surface area contributed by atoms with Crippen LogP contribution in [0, 0.1) is 0 Å². The van der Waals surface area contributed by atoms with Crippen molar-refractivity contribution in [3.05, 3.63) is 42.2 Å². The highest BCUT2D eigenvalue weighted by molar-refractivity contribution is 5.80. The molecule has 0 aromatic heterocycles. The maximum absolute atomic E-state index is 5.29. The first-order chi connectivity index (χ1) is 7.09. The van der Waals surface area contributed by atoms with Gasteiger partial charge in [-0.3, -0.25) is 5.43 Å². The van der Waals surface area contributed by atoms with Crippen LogP contribution < -0.4 is 16.1 Å². The molecule has 1 aromatic rings. The monoisotopic (exact) mass is 204 g/mol. The van der Waals surface area contributed by atoms with E-state index in [0.717, 1.165) is 11.3 Å². The fourth-order valence-electron chi connectivity index (χ4n) is 1.05. The summed E-state index contributed by atoms with van der Waals surface area (Å²) in [6.45, 7) is 3.47. The average molecular weight is 204 g/mol. The molecular weight excluding hydrogens is 188 g/mol. The Labute approximate surface area is 90.1 Å². The number of hydrogen-bond acceptors (Lipinski definition) is 4. The molecule has 0 aliphatic heterocycles. The summed E-state index contributed by atoms with van der Waals surface area (Å²) < 4.78 is 0. The second kappa shape index (κ2) is 5.05. The van der Waals surface area contributed by atoms with Crippen molar-refractivity contribution >= 4 is 11.9 Å². The Balaban J connectivity index is 2.64. The highest BCUT2D eigenvalue weighted by Gasteiger charge is 1.93. The molecule has 0 bridgehead atoms. The molecule has 0 aliphatic carbocycles. The van der Waals surface area contributed by atoms with Crippen molar-refractivity contribution < 1.29 is 0 Å². The first kappa shape index (κ1) is 11.1. The number of hydrazone groups is 1. The number of hydrogen-bond donors (Lipinski definition) is 2. The zero-order chi connectivity index (χ0) is 11.3. The summed E-state index contributed by atoms with van der Waals surface area (Å²) in [6.07, 6.45) is 1.69. The third-order valence-corrected chi connectivity index (χ3v) is 1.83. The van der Waals surface area contributed by atoms with E-state index >= 15 is 0 Å². The maximum Gasteiger partial charge on any atom is 0.109 e. The van der Waals surface area contributed by atoms with Crippen molar-refractivity contribution in [1.29, 1.82) is 0 Å². The van der Waals surface area contributed by atoms with Gasteiger partial charge in [0.05, 0.1) is 6.21 Å². The van der Waals surface area contributed by atoms with E-state index in [2.05, 4.69) is 17.1 Å². The maximum atomic E-state index is 5.29. The molecule has 0 radical (unpaired) electrons. The molecule has 4 heteroatoms. The van der Waals surface area contributed by atoms with Crippen molar-refractivity contribution in [3.63, 3.8) is 0 Å². The number of nitrogens with two attached hydrogens (primary N) is 1. The standard InChI is InChI=1S/C11H16N4/c1-9(12)14-13-8-10-4-6-11(7-5-10)15(2)3/h4-8,14H,1,12H2,2-3H3/b13-8+. The number of nitrogens with zero attached hydrogens (tertiary/aromatic N) is 2. The van der Waals surface area contributed by atoms with Crippen LogP contribution >= 0.6 is 0 Å². The van der Waals surface area contributed by atoms with E-state index in [1.54, 1.807) is 6.21 Å². The summed E-state index contributed by atoms with van der Waals surface area (Å²) in [6, 6.07) is 8.02. The van der Waals surface area contributed by atoms with Gasteiger partial charge >= 0.3 is 0 Å². The van der Waals surface area contributed by atoms with Gasteiger partial charge in [-0.2, -0.15) is 5.10 Å². The molecule has 0 unspecified atom stereocenters. The normalized spacial score (nSPS) is 10.3. The molecule has 0 heterocycles. The minimum Gasteiger partial charge on any atom is -0.385 e. The third kappa shape index (κ3) is 3.72. The smallest absolute Gasteiger partial charge is 0.109 e. The molecule has 1 rings (SSSR count). The Kier molecular flexibility index (Phi) is 3.74. The van der Waals surface area contributed by atoms with E-state index in [-0.39, 0.29) is 0 Å². The van der Waals surface area contributed by atoms with Crippen LogP contribution in [0.15, 0.2) is 41.8 Å². The topological polar surface area (TPSA) is 53.6 Å². The predicted octanol–water partition coefficient (Wildman–Crippen LogP) is 1.11. The largest absolute Gasteiger partial charge is 0.385 e. The van der Waals surface area contributed by atoms with E-state index in [4.69, 9.17) is 5.73 Å². The Morgan fingerprint density at radius 3 is 2.47 bits per heavy atom. The molecule has 0 atom stereocenters. The third-order valence-electron chi connectivity index (χ3n) is 1.83. The first-order valence-corrected chi connectivity index (χ1v) is 4.60. The van der Waals surface area contributed by atoms with Gasteiger partial charge in [0.1, 0.15) is 5.82 Å². The molecule has 0 spiro atoms. The fraction of sp³-hybridized carbons (Fsp3) is 0.182. The quantitative estimate of drug-likeness (QED) is 0.570. The van der Waals surface area contributed by atoms with Crippen LogP contribution in [-0.4, -0.2) is 20.3 Å². The van der Waals surface area contributed by atoms with Gasteiger partial charge in [0.25, 0.3) is 0 Å². The number of anilines is 1. The van der Waals surface area contributed by atoms with Gasteiger partial charge in [-0.1, -0.05) is 18.7 Å². The highest BCUT2D eigenvalue weighted by atomic mass is 15.3. The van der Waals surface area contributed by atoms with Crippen LogP contribution in [0.25, 0.3) is 0 Å². The minimum absolute atomic E-state index is 0.330. The van der Waals surface area contributed by atoms with Gasteiger partial charge in [-0.25, -0.2) is 0 Å². The molecule has 0 amide bonds. The summed E-state index contributed by atoms with van der Waals surface area (Å²) in [5.74, 6) is 0.330. The van der Waals surface area contributed by atoms with Crippen LogP contribution in [0.2, 0.25) is 0 Å². The molecule has 0 aliphatic rings. The van der Waals surface area contributed by atoms with Crippen molar-refractivity contribution in [3.8, 4) is 0 Å². The average Bonchev–Trinajstić information content (AvgIpc) is 2.18. The number of rotatable bonds is 4. The molecule has 1 aromatic carbocycles. The lowest BCUT2D eigenvalue weighted by molar-refractivity contribution is 0.882. The zero-order valence-electron chi connectivity index (χ0n) is 9.07. The van der Waals surface area contributed by atoms with Crippen LogP contribution in [0.5, 0.6) is 0 Å². The van der Waals surface area contributed by atoms with Crippen molar-refractivity contribution in [2.45, 2.75) is 0 Å². The van der Waals surface area contributed by atoms with E-state index < -0.39 is 0 Å². The van der Waals surface area contributed by atoms with E-state index in [1.165, 1.54) is 0 Å². The van der Waals surface area contributed by atoms with Gasteiger partial charge in [0.2, 0.25) is 0 Å². The van der Waals surface area contributed by atoms with Crippen LogP contribution in [-0.2, 0) is 0 Å². The zero-order valence-corrected chi connectivity index (χ0v) is 9.07. The molecule has 0 fully saturated rings. The summed E-state index contributed by atoms with van der Waals surface area (Å²) in [4.78, 5) is 2.04. The lowest BCUT2D eigenvalue weighted by Gasteiger charge is -2.11. The van der Waals surface area contributed by atoms with Gasteiger partial charge in [0.15, 0.2) is 0 Å². The van der Waals surface area contributed by atoms with E-state index in [1.807, 2.05) is 43.3 Å². The Hall–Kier alpha value is -1.97. The van der Waals surface area contributed by atoms with E-state index in [9.17, 15) is 0 Å². The molecular formula is C11H16N4. The van der Waals surface area contributed by atoms with Crippen molar-refractivity contribution in [1.82, 2.24) is 5.43 Å². The van der Waals surface area contributed by atoms with Crippen LogP contribution in [0.3, 0.4) is 0 Å². The molecule has 80 valence electrons. The number of nitrogens with one attached hydrogen (secondary N) is 1. The van der Waals surface area contributed by atoms with Gasteiger partial charge in [0, 0.05) is 19.8 Å². The summed E-state index contributed by atoms with van der Waals surface area (Å²) in [7, 11) is 4.01. The number of benzene rings is 1. The Bertz CT molecular complexity index is 351. The van der Waals surface area contributed by atoms with Gasteiger partial charge < -0.3 is 10.6 Å². The van der Waals surface area contributed by atoms with Crippen LogP contribution in [0.1, 0.15) is 5.56 Å².